The minimum atomic E-state index is -3.47. The fourth-order valence-electron chi connectivity index (χ4n) is 3.40. The zero-order chi connectivity index (χ0) is 19.9. The molecule has 0 radical (unpaired) electrons. The van der Waals surface area contributed by atoms with Crippen LogP contribution in [-0.4, -0.2) is 51.0 Å². The van der Waals surface area contributed by atoms with Gasteiger partial charge in [0.15, 0.2) is 0 Å². The van der Waals surface area contributed by atoms with Crippen LogP contribution in [0.5, 0.6) is 0 Å². The van der Waals surface area contributed by atoms with Crippen LogP contribution in [0.3, 0.4) is 0 Å². The van der Waals surface area contributed by atoms with Gasteiger partial charge in [-0.2, -0.15) is 0 Å². The second-order valence-corrected chi connectivity index (χ2v) is 29.4. The van der Waals surface area contributed by atoms with Crippen LogP contribution in [-0.2, 0) is 12.4 Å². The van der Waals surface area contributed by atoms with E-state index >= 15 is 0 Å². The third-order valence-corrected chi connectivity index (χ3v) is 38.1. The first-order valence-electron chi connectivity index (χ1n) is 11.0. The number of carbonyl (C=O) groups excluding carboxylic acids is 1. The first-order valence-corrected chi connectivity index (χ1v) is 23.7. The minimum absolute atomic E-state index is 0.143. The Morgan fingerprint density at radius 3 is 1.38 bits per heavy atom. The first kappa shape index (κ1) is 27.0. The van der Waals surface area contributed by atoms with Crippen molar-refractivity contribution in [3.8, 4) is 0 Å². The Kier molecular flexibility index (Phi) is 16.5. The molecule has 0 bridgehead atoms. The van der Waals surface area contributed by atoms with Gasteiger partial charge in [-0.05, 0) is 0 Å². The van der Waals surface area contributed by atoms with Crippen molar-refractivity contribution in [2.24, 2.45) is 0 Å². The van der Waals surface area contributed by atoms with Crippen LogP contribution in [0.15, 0.2) is 0 Å². The maximum absolute atomic E-state index is 12.0. The third kappa shape index (κ3) is 11.1. The molecule has 0 aromatic rings. The van der Waals surface area contributed by atoms with E-state index in [0.29, 0.717) is 0 Å². The molecule has 0 fully saturated rings. The summed E-state index contributed by atoms with van der Waals surface area (Å²) in [6, 6.07) is 0. The fourth-order valence-corrected chi connectivity index (χ4v) is 45.5. The van der Waals surface area contributed by atoms with Gasteiger partial charge in [0.25, 0.3) is 0 Å². The Morgan fingerprint density at radius 2 is 1.08 bits per heavy atom. The van der Waals surface area contributed by atoms with Crippen molar-refractivity contribution in [1.82, 2.24) is 0 Å². The third-order valence-electron chi connectivity index (χ3n) is 4.75. The van der Waals surface area contributed by atoms with Gasteiger partial charge in [-0.15, -0.1) is 0 Å². The van der Waals surface area contributed by atoms with Gasteiger partial charge in [0.05, 0.1) is 0 Å². The average Bonchev–Trinajstić information content (AvgIpc) is 2.61. The van der Waals surface area contributed by atoms with E-state index in [1.165, 1.54) is 25.7 Å². The zero-order valence-electron chi connectivity index (χ0n) is 18.3. The monoisotopic (exact) mass is 588 g/mol. The van der Waals surface area contributed by atoms with Gasteiger partial charge in [0.1, 0.15) is 0 Å². The molecule has 0 aromatic heterocycles. The number of carbonyl (C=O) groups is 1. The van der Waals surface area contributed by atoms with Gasteiger partial charge in [0.2, 0.25) is 0 Å². The van der Waals surface area contributed by atoms with Crippen LogP contribution in [0.25, 0.3) is 0 Å². The SMILES string of the molecule is CCC[CH2][Sn]([CH2]CCC)([O]CC)[O][Sn]([CH2]CCC)([CH2]CCC)[O]C(C)=O. The van der Waals surface area contributed by atoms with E-state index in [0.717, 1.165) is 50.0 Å². The van der Waals surface area contributed by atoms with E-state index in [4.69, 9.17) is 7.56 Å². The number of unbranched alkanes of at least 4 members (excludes halogenated alkanes) is 4. The summed E-state index contributed by atoms with van der Waals surface area (Å²) in [5.74, 6) is -0.143. The molecule has 0 rings (SSSR count). The van der Waals surface area contributed by atoms with Crippen LogP contribution < -0.4 is 0 Å². The Balaban J connectivity index is 5.70. The molecule has 26 heavy (non-hydrogen) atoms. The van der Waals surface area contributed by atoms with Crippen molar-refractivity contribution in [3.05, 3.63) is 0 Å². The first-order chi connectivity index (χ1) is 12.4. The molecule has 0 heterocycles. The molecule has 0 aromatic carbocycles. The summed E-state index contributed by atoms with van der Waals surface area (Å²) < 4.78 is 24.0. The van der Waals surface area contributed by atoms with Crippen LogP contribution >= 0.6 is 0 Å². The van der Waals surface area contributed by atoms with Gasteiger partial charge in [-0.25, -0.2) is 0 Å². The van der Waals surface area contributed by atoms with Crippen molar-refractivity contribution in [3.63, 3.8) is 0 Å². The molecule has 0 aliphatic rings. The van der Waals surface area contributed by atoms with Gasteiger partial charge in [-0.3, -0.25) is 0 Å². The predicted molar refractivity (Wildman–Crippen MR) is 115 cm³/mol. The second-order valence-electron chi connectivity index (χ2n) is 7.36. The van der Waals surface area contributed by atoms with E-state index in [-0.39, 0.29) is 5.97 Å². The van der Waals surface area contributed by atoms with Gasteiger partial charge < -0.3 is 0 Å². The average molecular weight is 586 g/mol. The molecule has 0 saturated carbocycles. The summed E-state index contributed by atoms with van der Waals surface area (Å²) in [4.78, 5) is 12.0. The molecule has 0 spiro atoms. The summed E-state index contributed by atoms with van der Waals surface area (Å²) in [6.07, 6.45) is 9.12. The zero-order valence-corrected chi connectivity index (χ0v) is 24.0. The number of hydrogen-bond donors (Lipinski definition) is 0. The van der Waals surface area contributed by atoms with Crippen molar-refractivity contribution in [2.45, 2.75) is 111 Å². The number of rotatable bonds is 17. The molecule has 0 aliphatic heterocycles. The van der Waals surface area contributed by atoms with E-state index in [2.05, 4.69) is 34.6 Å². The summed E-state index contributed by atoms with van der Waals surface area (Å²) in [5.41, 5.74) is 0. The number of hydrogen-bond acceptors (Lipinski definition) is 4. The van der Waals surface area contributed by atoms with E-state index < -0.39 is 38.4 Å². The van der Waals surface area contributed by atoms with Crippen molar-refractivity contribution < 1.29 is 12.4 Å². The molecule has 0 amide bonds. The standard InChI is InChI=1S/4C4H9.C2H4O2.C2H5O.O.2Sn/c4*1-3-4-2;1-2(3)4;1-2-3;;;/h4*1,3-4H2,2H3;1H3,(H,3,4);2H2,1H3;;;/q;;;;;-1;;2*+1/p-1. The van der Waals surface area contributed by atoms with E-state index in [1.807, 2.05) is 0 Å². The fraction of sp³-hybridized carbons (Fsp3) is 0.950. The molecule has 0 saturated heterocycles. The molecule has 0 unspecified atom stereocenters. The Morgan fingerprint density at radius 1 is 0.692 bits per heavy atom. The molecule has 156 valence electrons. The molecular formula is C20H44O4Sn2. The van der Waals surface area contributed by atoms with E-state index in [9.17, 15) is 4.79 Å². The quantitative estimate of drug-likeness (QED) is 0.179. The van der Waals surface area contributed by atoms with Crippen molar-refractivity contribution in [2.75, 3.05) is 6.61 Å². The van der Waals surface area contributed by atoms with Gasteiger partial charge >= 0.3 is 174 Å². The van der Waals surface area contributed by atoms with Crippen LogP contribution in [0.4, 0.5) is 0 Å². The molecule has 0 aliphatic carbocycles. The topological polar surface area (TPSA) is 44.8 Å². The van der Waals surface area contributed by atoms with Crippen LogP contribution in [0.1, 0.15) is 92.9 Å². The predicted octanol–water partition coefficient (Wildman–Crippen LogP) is 6.69. The second kappa shape index (κ2) is 15.9. The molecular weight excluding hydrogens is 542 g/mol. The molecule has 0 N–H and O–H groups in total. The molecule has 6 heteroatoms. The summed E-state index contributed by atoms with van der Waals surface area (Å²) in [7, 11) is 0. The summed E-state index contributed by atoms with van der Waals surface area (Å²) in [5, 5.41) is 0. The molecule has 0 atom stereocenters. The normalized spacial score (nSPS) is 12.4. The van der Waals surface area contributed by atoms with Gasteiger partial charge in [0, 0.05) is 0 Å². The Labute approximate surface area is 173 Å². The Hall–Kier alpha value is 0.987. The van der Waals surface area contributed by atoms with Crippen molar-refractivity contribution >= 4 is 44.4 Å². The maximum atomic E-state index is 12.0. The molecule has 4 nitrogen and oxygen atoms in total. The summed E-state index contributed by atoms with van der Waals surface area (Å²) in [6.45, 7) is 13.3. The van der Waals surface area contributed by atoms with Gasteiger partial charge in [-0.1, -0.05) is 0 Å². The van der Waals surface area contributed by atoms with E-state index in [1.54, 1.807) is 6.92 Å². The Bertz CT molecular complexity index is 348. The van der Waals surface area contributed by atoms with Crippen LogP contribution in [0, 0.1) is 0 Å². The van der Waals surface area contributed by atoms with Crippen molar-refractivity contribution in [1.29, 1.82) is 0 Å². The van der Waals surface area contributed by atoms with Crippen LogP contribution in [0.2, 0.25) is 17.7 Å². The summed E-state index contributed by atoms with van der Waals surface area (Å²) >= 11 is -6.69.